The third-order valence-electron chi connectivity index (χ3n) is 3.27. The second-order valence-electron chi connectivity index (χ2n) is 6.15. The Kier molecular flexibility index (Phi) is 3.84. The Morgan fingerprint density at radius 2 is 2.08 bits per heavy atom. The van der Waals surface area contributed by atoms with Crippen LogP contribution >= 0.6 is 0 Å². The Morgan fingerprint density at radius 3 is 2.71 bits per heavy atom. The van der Waals surface area contributed by atoms with E-state index < -0.39 is 11.7 Å². The Labute approximate surface area is 137 Å². The Hall–Kier alpha value is -3.10. The van der Waals surface area contributed by atoms with Gasteiger partial charge in [-0.3, -0.25) is 4.79 Å². The second kappa shape index (κ2) is 5.84. The zero-order valence-corrected chi connectivity index (χ0v) is 13.4. The van der Waals surface area contributed by atoms with Gasteiger partial charge in [0, 0.05) is 0 Å². The van der Waals surface area contributed by atoms with Gasteiger partial charge in [0.05, 0.1) is 29.3 Å². The van der Waals surface area contributed by atoms with Crippen LogP contribution in [-0.2, 0) is 5.54 Å². The van der Waals surface area contributed by atoms with Crippen LogP contribution in [0, 0.1) is 5.82 Å². The van der Waals surface area contributed by atoms with Crippen LogP contribution in [0.25, 0.3) is 5.69 Å². The van der Waals surface area contributed by atoms with Gasteiger partial charge in [-0.15, -0.1) is 10.2 Å². The maximum atomic E-state index is 14.0. The van der Waals surface area contributed by atoms with Gasteiger partial charge in [0.1, 0.15) is 12.1 Å². The van der Waals surface area contributed by atoms with Crippen LogP contribution in [0.3, 0.4) is 0 Å². The van der Waals surface area contributed by atoms with E-state index in [9.17, 15) is 9.18 Å². The number of hydrogen-bond donors (Lipinski definition) is 1. The molecule has 24 heavy (non-hydrogen) atoms. The van der Waals surface area contributed by atoms with E-state index >= 15 is 0 Å². The molecule has 0 unspecified atom stereocenters. The van der Waals surface area contributed by atoms with Gasteiger partial charge >= 0.3 is 0 Å². The largest absolute Gasteiger partial charge is 0.317 e. The zero-order valence-electron chi connectivity index (χ0n) is 13.4. The molecule has 0 spiro atoms. The minimum Gasteiger partial charge on any atom is -0.317 e. The highest BCUT2D eigenvalue weighted by Gasteiger charge is 2.19. The van der Waals surface area contributed by atoms with Gasteiger partial charge in [-0.05, 0) is 39.0 Å². The molecule has 0 aliphatic carbocycles. The summed E-state index contributed by atoms with van der Waals surface area (Å²) in [4.78, 5) is 16.2. The molecule has 0 atom stereocenters. The molecule has 8 nitrogen and oxygen atoms in total. The van der Waals surface area contributed by atoms with Crippen LogP contribution in [0.2, 0.25) is 0 Å². The molecule has 3 rings (SSSR count). The summed E-state index contributed by atoms with van der Waals surface area (Å²) in [6, 6.07) is 4.24. The number of benzene rings is 1. The molecule has 9 heteroatoms. The number of rotatable bonds is 3. The standard InChI is InChI=1S/C15H16FN7O/c1-15(2,3)23-9-17-13(20-23)14(24)19-12-8-10(4-5-11(12)16)22-7-6-18-21-22/h4-9H,1-3H3,(H,19,24). The van der Waals surface area contributed by atoms with Crippen LogP contribution in [-0.4, -0.2) is 35.7 Å². The second-order valence-corrected chi connectivity index (χ2v) is 6.15. The summed E-state index contributed by atoms with van der Waals surface area (Å²) < 4.78 is 17.0. The van der Waals surface area contributed by atoms with Gasteiger partial charge in [0.2, 0.25) is 5.82 Å². The van der Waals surface area contributed by atoms with Crippen LogP contribution in [0.5, 0.6) is 0 Å². The fourth-order valence-electron chi connectivity index (χ4n) is 1.97. The third-order valence-corrected chi connectivity index (χ3v) is 3.27. The van der Waals surface area contributed by atoms with Crippen molar-refractivity contribution in [3.8, 4) is 5.69 Å². The van der Waals surface area contributed by atoms with Gasteiger partial charge in [0.15, 0.2) is 0 Å². The zero-order chi connectivity index (χ0) is 17.3. The predicted octanol–water partition coefficient (Wildman–Crippen LogP) is 2.01. The molecule has 124 valence electrons. The summed E-state index contributed by atoms with van der Waals surface area (Å²) in [5.41, 5.74) is 0.279. The number of nitrogens with one attached hydrogen (secondary N) is 1. The summed E-state index contributed by atoms with van der Waals surface area (Å²) in [7, 11) is 0. The first kappa shape index (κ1) is 15.8. The van der Waals surface area contributed by atoms with Crippen LogP contribution < -0.4 is 5.32 Å². The van der Waals surface area contributed by atoms with E-state index in [1.54, 1.807) is 10.9 Å². The SMILES string of the molecule is CC(C)(C)n1cnc(C(=O)Nc2cc(-n3ccnn3)ccc2F)n1. The minimum atomic E-state index is -0.590. The van der Waals surface area contributed by atoms with Crippen LogP contribution in [0.4, 0.5) is 10.1 Å². The molecule has 0 bridgehead atoms. The number of carbonyl (C=O) groups excluding carboxylic acids is 1. The molecule has 1 N–H and O–H groups in total. The summed E-state index contributed by atoms with van der Waals surface area (Å²) in [6.45, 7) is 5.81. The molecular formula is C15H16FN7O. The fourth-order valence-corrected chi connectivity index (χ4v) is 1.97. The van der Waals surface area contributed by atoms with E-state index in [4.69, 9.17) is 0 Å². The molecule has 0 fully saturated rings. The first-order valence-electron chi connectivity index (χ1n) is 7.24. The van der Waals surface area contributed by atoms with Gasteiger partial charge in [-0.25, -0.2) is 18.7 Å². The molecule has 0 aliphatic heterocycles. The molecule has 1 aromatic carbocycles. The van der Waals surface area contributed by atoms with Crippen molar-refractivity contribution >= 4 is 11.6 Å². The quantitative estimate of drug-likeness (QED) is 0.794. The van der Waals surface area contributed by atoms with Crippen LogP contribution in [0.1, 0.15) is 31.4 Å². The molecular weight excluding hydrogens is 313 g/mol. The topological polar surface area (TPSA) is 90.5 Å². The molecule has 1 amide bonds. The van der Waals surface area contributed by atoms with Gasteiger partial charge in [-0.2, -0.15) is 0 Å². The van der Waals surface area contributed by atoms with E-state index in [0.29, 0.717) is 5.69 Å². The molecule has 0 radical (unpaired) electrons. The van der Waals surface area contributed by atoms with Gasteiger partial charge in [-0.1, -0.05) is 5.21 Å². The number of anilines is 1. The lowest BCUT2D eigenvalue weighted by atomic mass is 10.1. The van der Waals surface area contributed by atoms with E-state index in [-0.39, 0.29) is 17.1 Å². The number of aromatic nitrogens is 6. The number of carbonyl (C=O) groups is 1. The van der Waals surface area contributed by atoms with Crippen molar-refractivity contribution in [3.05, 3.63) is 48.6 Å². The first-order chi connectivity index (χ1) is 11.3. The molecule has 3 aromatic rings. The average Bonchev–Trinajstić information content (AvgIpc) is 3.20. The lowest BCUT2D eigenvalue weighted by Gasteiger charge is -2.17. The highest BCUT2D eigenvalue weighted by molar-refractivity contribution is 6.01. The maximum absolute atomic E-state index is 14.0. The van der Waals surface area contributed by atoms with E-state index in [2.05, 4.69) is 25.7 Å². The molecule has 2 heterocycles. The number of hydrogen-bond acceptors (Lipinski definition) is 5. The molecule has 0 aliphatic rings. The lowest BCUT2D eigenvalue weighted by Crippen LogP contribution is -2.23. The highest BCUT2D eigenvalue weighted by atomic mass is 19.1. The van der Waals surface area contributed by atoms with Crippen molar-refractivity contribution in [2.24, 2.45) is 0 Å². The molecule has 2 aromatic heterocycles. The maximum Gasteiger partial charge on any atom is 0.295 e. The van der Waals surface area contributed by atoms with Gasteiger partial charge in [0.25, 0.3) is 5.91 Å². The molecule has 0 saturated heterocycles. The Balaban J connectivity index is 1.84. The van der Waals surface area contributed by atoms with E-state index in [1.807, 2.05) is 20.8 Å². The van der Waals surface area contributed by atoms with Crippen molar-refractivity contribution in [2.75, 3.05) is 5.32 Å². The van der Waals surface area contributed by atoms with Crippen molar-refractivity contribution in [1.29, 1.82) is 0 Å². The van der Waals surface area contributed by atoms with Crippen LogP contribution in [0.15, 0.2) is 36.9 Å². The summed E-state index contributed by atoms with van der Waals surface area (Å²) in [5.74, 6) is -1.19. The third kappa shape index (κ3) is 3.14. The number of amides is 1. The first-order valence-corrected chi connectivity index (χ1v) is 7.24. The highest BCUT2D eigenvalue weighted by Crippen LogP contribution is 2.19. The van der Waals surface area contributed by atoms with Crippen molar-refractivity contribution in [2.45, 2.75) is 26.3 Å². The normalized spacial score (nSPS) is 11.5. The predicted molar refractivity (Wildman–Crippen MR) is 84.3 cm³/mol. The van der Waals surface area contributed by atoms with Crippen molar-refractivity contribution < 1.29 is 9.18 Å². The Morgan fingerprint density at radius 1 is 1.29 bits per heavy atom. The summed E-state index contributed by atoms with van der Waals surface area (Å²) in [5, 5.41) is 14.1. The van der Waals surface area contributed by atoms with E-state index in [1.165, 1.54) is 35.4 Å². The van der Waals surface area contributed by atoms with Crippen molar-refractivity contribution in [3.63, 3.8) is 0 Å². The minimum absolute atomic E-state index is 0.0140. The number of halogens is 1. The average molecular weight is 329 g/mol. The summed E-state index contributed by atoms with van der Waals surface area (Å²) >= 11 is 0. The number of nitrogens with zero attached hydrogens (tertiary/aromatic N) is 6. The van der Waals surface area contributed by atoms with E-state index in [0.717, 1.165) is 0 Å². The summed E-state index contributed by atoms with van der Waals surface area (Å²) in [6.07, 6.45) is 4.59. The van der Waals surface area contributed by atoms with Crippen molar-refractivity contribution in [1.82, 2.24) is 29.8 Å². The van der Waals surface area contributed by atoms with Gasteiger partial charge < -0.3 is 5.32 Å². The fraction of sp³-hybridized carbons (Fsp3) is 0.267. The smallest absolute Gasteiger partial charge is 0.295 e. The monoisotopic (exact) mass is 329 g/mol. The Bertz CT molecular complexity index is 864. The lowest BCUT2D eigenvalue weighted by molar-refractivity contribution is 0.101. The molecule has 0 saturated carbocycles.